The molecule has 2 aromatic carbocycles. The first-order valence-corrected chi connectivity index (χ1v) is 43.1. The van der Waals surface area contributed by atoms with E-state index in [1.807, 2.05) is 52.0 Å². The van der Waals surface area contributed by atoms with E-state index in [4.69, 9.17) is 28.4 Å². The molecule has 32 heteroatoms. The maximum absolute atomic E-state index is 14.9. The highest BCUT2D eigenvalue weighted by Crippen LogP contribution is 2.60. The first-order chi connectivity index (χ1) is 53.9. The number of allylic oxidation sites excluding steroid dienone is 4. The van der Waals surface area contributed by atoms with Gasteiger partial charge >= 0.3 is 24.5 Å². The number of pyridine rings is 2. The number of Topliss-reactive ketones (excluding diaryl/α,β-unsaturated/α-hetero) is 2. The lowest BCUT2D eigenvalue weighted by Gasteiger charge is -2.32. The van der Waals surface area contributed by atoms with Gasteiger partial charge in [-0.1, -0.05) is 65.8 Å². The Bertz CT molecular complexity index is 4540. The van der Waals surface area contributed by atoms with E-state index in [2.05, 4.69) is 42.7 Å². The summed E-state index contributed by atoms with van der Waals surface area (Å²) in [5.74, 6) is -7.23. The quantitative estimate of drug-likeness (QED) is 0.0531. The Morgan fingerprint density at radius 1 is 0.526 bits per heavy atom. The molecule has 2 saturated heterocycles. The second-order valence-corrected chi connectivity index (χ2v) is 39.2. The number of ketones is 2. The van der Waals surface area contributed by atoms with Crippen molar-refractivity contribution in [2.45, 2.75) is 230 Å². The molecule has 0 radical (unpaired) electrons. The molecule has 12 aliphatic rings. The van der Waals surface area contributed by atoms with Crippen LogP contribution in [0.4, 0.5) is 17.6 Å². The van der Waals surface area contributed by atoms with Crippen LogP contribution in [-0.2, 0) is 67.9 Å². The van der Waals surface area contributed by atoms with Gasteiger partial charge in [-0.2, -0.15) is 0 Å². The second kappa shape index (κ2) is 30.4. The van der Waals surface area contributed by atoms with Gasteiger partial charge in [0.2, 0.25) is 55.4 Å². The molecule has 16 rings (SSSR count). The summed E-state index contributed by atoms with van der Waals surface area (Å²) in [5.41, 5.74) is -2.73. The third-order valence-electron chi connectivity index (χ3n) is 25.6. The van der Waals surface area contributed by atoms with Gasteiger partial charge in [0, 0.05) is 70.5 Å². The molecule has 4 amide bonds. The standard InChI is InChI=1S/2C41H49F2N3O10S/c2*1-23-6-4-5-7-25-19-40(25,38(50)45-57(51,52)27-8-9-27)20-32(47)31-17-26(54-36-29-10-11-33-35(28(29)12-15-44-36)56-41(42,43)55-33)21-46(31)37(49)30(24(2)16-23)18-34(48)53-22-39(3)13-14-39/h2*5,7,10-12,15,23-27,30-31H,4,6,8-9,13-14,16-22H2,1-3H3,(H,45,50)/b2*7-5-/t23-,24+,25+,26+,30-,31-,40+;23-,24-,25-,26-,30+,31+,40-/m01/s1. The minimum absolute atomic E-state index is 0.00411. The third kappa shape index (κ3) is 17.4. The minimum Gasteiger partial charge on any atom is -0.472 e. The van der Waals surface area contributed by atoms with Crippen molar-refractivity contribution < 1.29 is 111 Å². The Labute approximate surface area is 658 Å². The summed E-state index contributed by atoms with van der Waals surface area (Å²) in [6, 6.07) is 6.49. The molecule has 8 heterocycles. The van der Waals surface area contributed by atoms with Crippen molar-refractivity contribution in [1.82, 2.24) is 29.2 Å². The van der Waals surface area contributed by atoms with Gasteiger partial charge in [0.1, 0.15) is 12.2 Å². The zero-order chi connectivity index (χ0) is 81.0. The van der Waals surface area contributed by atoms with Crippen molar-refractivity contribution in [2.24, 2.45) is 69.0 Å². The first kappa shape index (κ1) is 80.5. The number of nitrogens with zero attached hydrogens (tertiary/aromatic N) is 4. The normalized spacial score (nSPS) is 32.3. The molecule has 8 fully saturated rings. The first-order valence-electron chi connectivity index (χ1n) is 40.0. The maximum Gasteiger partial charge on any atom is 0.586 e. The number of benzene rings is 2. The Morgan fingerprint density at radius 3 is 1.28 bits per heavy atom. The number of sulfonamides is 2. The molecule has 0 bridgehead atoms. The summed E-state index contributed by atoms with van der Waals surface area (Å²) in [7, 11) is -7.80. The average molecular weight is 1630 g/mol. The summed E-state index contributed by atoms with van der Waals surface area (Å²) in [5, 5.41) is -0.0676. The number of aromatic nitrogens is 2. The van der Waals surface area contributed by atoms with Gasteiger partial charge in [0.25, 0.3) is 0 Å². The lowest BCUT2D eigenvalue weighted by molar-refractivity contribution is -0.287. The highest BCUT2D eigenvalue weighted by Gasteiger charge is 2.64. The number of hydrogen-bond acceptors (Lipinski definition) is 22. The van der Waals surface area contributed by atoms with Crippen LogP contribution in [0.1, 0.15) is 183 Å². The SMILES string of the molecule is C[C@@H]1CC/C=C\[C@@H]2C[C@@]2(C(=O)NS(=O)(=O)C2CC2)CC(=O)[C@@H]2C[C@@H](Oc3nccc4c5c(ccc34)OC(F)(F)O5)CN2C(=O)[C@@H](CC(=O)OCC2(C)CC2)[C@H](C)C1.C[C@H]1CC/C=C\[C@@H]2C[C@@]2(C(=O)NS(=O)(=O)C2CC2)CC(=O)[C@@H]2C[C@@H](Oc3nccc4c5c(ccc34)OC(F)(F)O5)CN2C(=O)[C@@H](CC(=O)OCC2(C)CC2)[C@H](C)C1. The summed E-state index contributed by atoms with van der Waals surface area (Å²) in [6.45, 7) is 12.5. The number of fused-ring (bicyclic) bond motifs is 10. The lowest BCUT2D eigenvalue weighted by atomic mass is 9.82. The Kier molecular flexibility index (Phi) is 21.5. The summed E-state index contributed by atoms with van der Waals surface area (Å²) < 4.78 is 155. The van der Waals surface area contributed by atoms with E-state index < -0.39 is 137 Å². The van der Waals surface area contributed by atoms with Crippen LogP contribution in [0.5, 0.6) is 34.8 Å². The zero-order valence-electron chi connectivity index (χ0n) is 64.7. The average Bonchev–Trinajstić information content (AvgIpc) is 1.57. The van der Waals surface area contributed by atoms with Crippen LogP contribution in [0.3, 0.4) is 0 Å². The molecule has 4 aromatic rings. The number of carbonyl (C=O) groups excluding carboxylic acids is 8. The van der Waals surface area contributed by atoms with Crippen LogP contribution in [0.25, 0.3) is 21.5 Å². The van der Waals surface area contributed by atoms with Crippen molar-refractivity contribution in [3.8, 4) is 34.8 Å². The molecule has 6 saturated carbocycles. The zero-order valence-corrected chi connectivity index (χ0v) is 66.3. The fraction of sp³-hybridized carbons (Fsp3) is 0.634. The van der Waals surface area contributed by atoms with E-state index in [9.17, 15) is 72.8 Å². The molecular formula is C82H98F4N6O20S2. The monoisotopic (exact) mass is 1630 g/mol. The van der Waals surface area contributed by atoms with Gasteiger partial charge in [-0.3, -0.25) is 47.8 Å². The molecule has 0 unspecified atom stereocenters. The molecule has 26 nitrogen and oxygen atoms in total. The molecule has 6 aliphatic heterocycles. The number of amides is 4. The highest BCUT2D eigenvalue weighted by atomic mass is 32.2. The topological polar surface area (TPSA) is 335 Å². The number of halogens is 4. The van der Waals surface area contributed by atoms with Gasteiger partial charge in [-0.05, 0) is 175 Å². The maximum atomic E-state index is 14.9. The van der Waals surface area contributed by atoms with Crippen LogP contribution < -0.4 is 37.9 Å². The van der Waals surface area contributed by atoms with Crippen LogP contribution >= 0.6 is 0 Å². The van der Waals surface area contributed by atoms with Crippen LogP contribution in [0, 0.1) is 69.0 Å². The van der Waals surface area contributed by atoms with Gasteiger partial charge in [-0.25, -0.2) is 26.8 Å². The van der Waals surface area contributed by atoms with Crippen LogP contribution in [0.15, 0.2) is 73.1 Å². The van der Waals surface area contributed by atoms with E-state index in [0.717, 1.165) is 38.5 Å². The van der Waals surface area contributed by atoms with E-state index in [0.29, 0.717) is 62.1 Å². The number of carbonyl (C=O) groups is 8. The predicted molar refractivity (Wildman–Crippen MR) is 401 cm³/mol. The summed E-state index contributed by atoms with van der Waals surface area (Å²) in [4.78, 5) is 125. The summed E-state index contributed by atoms with van der Waals surface area (Å²) >= 11 is 0. The van der Waals surface area contributed by atoms with E-state index in [-0.39, 0.29) is 170 Å². The van der Waals surface area contributed by atoms with E-state index in [1.54, 1.807) is 0 Å². The number of hydrogen-bond donors (Lipinski definition) is 2. The molecule has 616 valence electrons. The van der Waals surface area contributed by atoms with Crippen molar-refractivity contribution in [2.75, 3.05) is 26.3 Å². The predicted octanol–water partition coefficient (Wildman–Crippen LogP) is 11.7. The molecule has 0 spiro atoms. The Balaban J connectivity index is 0.000000180. The fourth-order valence-electron chi connectivity index (χ4n) is 17.4. The van der Waals surface area contributed by atoms with Crippen LogP contribution in [-0.4, -0.2) is 157 Å². The number of nitrogens with one attached hydrogen (secondary N) is 2. The Hall–Kier alpha value is -8.68. The van der Waals surface area contributed by atoms with E-state index in [1.165, 1.54) is 58.6 Å². The molecular weight excluding hydrogens is 1530 g/mol. The number of alkyl halides is 4. The van der Waals surface area contributed by atoms with Gasteiger partial charge in [0.15, 0.2) is 34.6 Å². The molecule has 14 atom stereocenters. The highest BCUT2D eigenvalue weighted by molar-refractivity contribution is 7.91. The van der Waals surface area contributed by atoms with Gasteiger partial charge < -0.3 is 47.7 Å². The largest absolute Gasteiger partial charge is 0.586 e. The van der Waals surface area contributed by atoms with Crippen molar-refractivity contribution >= 4 is 88.7 Å². The molecule has 6 aliphatic carbocycles. The lowest BCUT2D eigenvalue weighted by Crippen LogP contribution is -2.47. The molecule has 114 heavy (non-hydrogen) atoms. The van der Waals surface area contributed by atoms with Crippen LogP contribution in [0.2, 0.25) is 0 Å². The second-order valence-electron chi connectivity index (χ2n) is 35.3. The van der Waals surface area contributed by atoms with Crippen molar-refractivity contribution in [3.05, 3.63) is 73.1 Å². The number of esters is 2. The fourth-order valence-corrected chi connectivity index (χ4v) is 20.2. The minimum atomic E-state index is -3.90. The Morgan fingerprint density at radius 2 is 0.912 bits per heavy atom. The number of rotatable bonds is 18. The van der Waals surface area contributed by atoms with Crippen molar-refractivity contribution in [1.29, 1.82) is 0 Å². The van der Waals surface area contributed by atoms with Crippen molar-refractivity contribution in [3.63, 3.8) is 0 Å². The molecule has 2 N–H and O–H groups in total. The smallest absolute Gasteiger partial charge is 0.472 e. The van der Waals surface area contributed by atoms with Gasteiger partial charge in [-0.15, -0.1) is 17.6 Å². The summed E-state index contributed by atoms with van der Waals surface area (Å²) in [6.07, 6.45) is 10.7. The molecule has 2 aromatic heterocycles. The number of ether oxygens (including phenoxy) is 8. The third-order valence-corrected chi connectivity index (χ3v) is 29.2. The van der Waals surface area contributed by atoms with Gasteiger partial charge in [0.05, 0.1) is 84.4 Å². The van der Waals surface area contributed by atoms with E-state index >= 15 is 0 Å².